The maximum Gasteiger partial charge on any atom is 0.222 e. The summed E-state index contributed by atoms with van der Waals surface area (Å²) in [7, 11) is 1.92. The van der Waals surface area contributed by atoms with Crippen molar-refractivity contribution >= 4 is 28.6 Å². The van der Waals surface area contributed by atoms with E-state index in [0.717, 1.165) is 60.4 Å². The Bertz CT molecular complexity index is 950. The van der Waals surface area contributed by atoms with Gasteiger partial charge in [0.25, 0.3) is 0 Å². The van der Waals surface area contributed by atoms with Crippen LogP contribution in [0.3, 0.4) is 0 Å². The third kappa shape index (κ3) is 3.24. The Balaban J connectivity index is 1.61. The number of fused-ring (bicyclic) bond motifs is 1. The van der Waals surface area contributed by atoms with E-state index in [1.54, 1.807) is 0 Å². The van der Waals surface area contributed by atoms with Crippen LogP contribution in [0.1, 0.15) is 31.3 Å². The van der Waals surface area contributed by atoms with Crippen LogP contribution in [0.25, 0.3) is 11.0 Å². The molecule has 0 amide bonds. The fourth-order valence-electron chi connectivity index (χ4n) is 3.41. The topological polar surface area (TPSA) is 102 Å². The van der Waals surface area contributed by atoms with Gasteiger partial charge in [0.15, 0.2) is 5.65 Å². The highest BCUT2D eigenvalue weighted by molar-refractivity contribution is 5.87. The quantitative estimate of drug-likeness (QED) is 0.743. The first-order valence-electron chi connectivity index (χ1n) is 9.23. The zero-order valence-corrected chi connectivity index (χ0v) is 16.2. The number of piperazine rings is 1. The van der Waals surface area contributed by atoms with E-state index >= 15 is 0 Å². The Kier molecular flexibility index (Phi) is 4.29. The first-order valence-corrected chi connectivity index (χ1v) is 9.23. The number of anilines is 3. The molecule has 9 heteroatoms. The number of hydrogen-bond donors (Lipinski definition) is 1. The van der Waals surface area contributed by atoms with Gasteiger partial charge in [0.2, 0.25) is 5.95 Å². The molecule has 2 N–H and O–H groups in total. The molecule has 0 radical (unpaired) electrons. The number of nitrogens with two attached hydrogens (primary N) is 1. The minimum absolute atomic E-state index is 0.260. The highest BCUT2D eigenvalue weighted by Gasteiger charge is 2.23. The lowest BCUT2D eigenvalue weighted by molar-refractivity contribution is 0.638. The predicted octanol–water partition coefficient (Wildman–Crippen LogP) is 1.49. The summed E-state index contributed by atoms with van der Waals surface area (Å²) < 4.78 is 1.81. The molecule has 4 rings (SSSR count). The Labute approximate surface area is 158 Å². The first kappa shape index (κ1) is 17.4. The molecule has 0 spiro atoms. The zero-order valence-electron chi connectivity index (χ0n) is 16.2. The Hall–Kier alpha value is -2.97. The Morgan fingerprint density at radius 2 is 1.70 bits per heavy atom. The van der Waals surface area contributed by atoms with Crippen LogP contribution in [0.4, 0.5) is 17.6 Å². The highest BCUT2D eigenvalue weighted by Crippen LogP contribution is 2.27. The second-order valence-corrected chi connectivity index (χ2v) is 7.27. The molecule has 0 bridgehead atoms. The number of nitrogen functional groups attached to an aromatic ring is 1. The van der Waals surface area contributed by atoms with Crippen molar-refractivity contribution in [1.29, 1.82) is 0 Å². The third-order valence-electron chi connectivity index (χ3n) is 4.87. The molecule has 27 heavy (non-hydrogen) atoms. The first-order chi connectivity index (χ1) is 12.9. The van der Waals surface area contributed by atoms with Gasteiger partial charge >= 0.3 is 0 Å². The lowest BCUT2D eigenvalue weighted by Crippen LogP contribution is -2.47. The molecule has 3 aromatic rings. The number of hydrogen-bond acceptors (Lipinski definition) is 8. The molecule has 1 aliphatic rings. The van der Waals surface area contributed by atoms with Crippen molar-refractivity contribution in [2.75, 3.05) is 41.7 Å². The predicted molar refractivity (Wildman–Crippen MR) is 106 cm³/mol. The van der Waals surface area contributed by atoms with E-state index in [1.807, 2.05) is 30.9 Å². The summed E-state index contributed by atoms with van der Waals surface area (Å²) in [5, 5.41) is 5.38. The molecule has 9 nitrogen and oxygen atoms in total. The van der Waals surface area contributed by atoms with Gasteiger partial charge in [-0.25, -0.2) is 15.0 Å². The lowest BCUT2D eigenvalue weighted by atomic mass is 10.2. The maximum absolute atomic E-state index is 5.81. The summed E-state index contributed by atoms with van der Waals surface area (Å²) in [6.45, 7) is 9.55. The van der Waals surface area contributed by atoms with Gasteiger partial charge in [-0.1, -0.05) is 13.8 Å². The van der Waals surface area contributed by atoms with Crippen LogP contribution in [0.2, 0.25) is 0 Å². The van der Waals surface area contributed by atoms with Gasteiger partial charge in [-0.3, -0.25) is 4.68 Å². The summed E-state index contributed by atoms with van der Waals surface area (Å²) in [5.74, 6) is 3.28. The van der Waals surface area contributed by atoms with Crippen molar-refractivity contribution in [2.45, 2.75) is 26.7 Å². The summed E-state index contributed by atoms with van der Waals surface area (Å²) in [6.07, 6.45) is 1.86. The van der Waals surface area contributed by atoms with E-state index < -0.39 is 0 Å². The van der Waals surface area contributed by atoms with Gasteiger partial charge in [-0.05, 0) is 6.92 Å². The van der Waals surface area contributed by atoms with E-state index in [2.05, 4.69) is 38.7 Å². The van der Waals surface area contributed by atoms with Crippen LogP contribution in [0.5, 0.6) is 0 Å². The van der Waals surface area contributed by atoms with Crippen molar-refractivity contribution in [3.05, 3.63) is 23.8 Å². The Morgan fingerprint density at radius 1 is 1.00 bits per heavy atom. The summed E-state index contributed by atoms with van der Waals surface area (Å²) >= 11 is 0. The SMILES string of the molecule is Cc1cc(N2CCN(c3nc(C(C)C)nc4c3cnn4C)CC2)nc(N)n1. The van der Waals surface area contributed by atoms with E-state index in [0.29, 0.717) is 5.95 Å². The fourth-order valence-corrected chi connectivity index (χ4v) is 3.41. The van der Waals surface area contributed by atoms with Crippen molar-refractivity contribution in [3.63, 3.8) is 0 Å². The molecule has 0 aromatic carbocycles. The van der Waals surface area contributed by atoms with E-state index in [-0.39, 0.29) is 5.92 Å². The highest BCUT2D eigenvalue weighted by atomic mass is 15.3. The average molecular weight is 367 g/mol. The standard InChI is InChI=1S/C18H25N9/c1-11(2)15-23-16-13(10-20-25(16)4)17(24-15)27-7-5-26(6-8-27)14-9-12(3)21-18(19)22-14/h9-11H,5-8H2,1-4H3,(H2,19,21,22). The average Bonchev–Trinajstić information content (AvgIpc) is 3.01. The number of rotatable bonds is 3. The number of aromatic nitrogens is 6. The van der Waals surface area contributed by atoms with E-state index in [9.17, 15) is 0 Å². The van der Waals surface area contributed by atoms with Crippen LogP contribution >= 0.6 is 0 Å². The lowest BCUT2D eigenvalue weighted by Gasteiger charge is -2.36. The second kappa shape index (κ2) is 6.64. The molecular weight excluding hydrogens is 342 g/mol. The van der Waals surface area contributed by atoms with Crippen molar-refractivity contribution in [1.82, 2.24) is 29.7 Å². The minimum atomic E-state index is 0.260. The van der Waals surface area contributed by atoms with E-state index in [4.69, 9.17) is 15.7 Å². The van der Waals surface area contributed by atoms with Crippen LogP contribution in [0.15, 0.2) is 12.3 Å². The zero-order chi connectivity index (χ0) is 19.1. The van der Waals surface area contributed by atoms with Crippen molar-refractivity contribution < 1.29 is 0 Å². The van der Waals surface area contributed by atoms with Crippen molar-refractivity contribution in [2.24, 2.45) is 7.05 Å². The Morgan fingerprint density at radius 3 is 2.37 bits per heavy atom. The summed E-state index contributed by atoms with van der Waals surface area (Å²) in [5.41, 5.74) is 7.57. The van der Waals surface area contributed by atoms with Gasteiger partial charge in [0.05, 0.1) is 11.6 Å². The molecule has 1 saturated heterocycles. The second-order valence-electron chi connectivity index (χ2n) is 7.27. The molecule has 1 aliphatic heterocycles. The molecule has 0 atom stereocenters. The number of aryl methyl sites for hydroxylation is 2. The normalized spacial score (nSPS) is 15.1. The van der Waals surface area contributed by atoms with Gasteiger partial charge in [-0.2, -0.15) is 10.1 Å². The van der Waals surface area contributed by atoms with Crippen molar-refractivity contribution in [3.8, 4) is 0 Å². The van der Waals surface area contributed by atoms with Crippen LogP contribution in [-0.2, 0) is 7.05 Å². The maximum atomic E-state index is 5.81. The monoisotopic (exact) mass is 367 g/mol. The molecular formula is C18H25N9. The van der Waals surface area contributed by atoms with Crippen LogP contribution < -0.4 is 15.5 Å². The minimum Gasteiger partial charge on any atom is -0.368 e. The molecule has 0 unspecified atom stereocenters. The molecule has 4 heterocycles. The smallest absolute Gasteiger partial charge is 0.222 e. The van der Waals surface area contributed by atoms with Gasteiger partial charge < -0.3 is 15.5 Å². The fraction of sp³-hybridized carbons (Fsp3) is 0.500. The molecule has 0 aliphatic carbocycles. The van der Waals surface area contributed by atoms with Gasteiger partial charge in [0.1, 0.15) is 17.5 Å². The molecule has 142 valence electrons. The summed E-state index contributed by atoms with van der Waals surface area (Å²) in [6, 6.07) is 1.98. The largest absolute Gasteiger partial charge is 0.368 e. The van der Waals surface area contributed by atoms with Crippen LogP contribution in [-0.4, -0.2) is 55.9 Å². The van der Waals surface area contributed by atoms with Gasteiger partial charge in [0, 0.05) is 50.9 Å². The molecule has 0 saturated carbocycles. The van der Waals surface area contributed by atoms with Gasteiger partial charge in [-0.15, -0.1) is 0 Å². The molecule has 3 aromatic heterocycles. The summed E-state index contributed by atoms with van der Waals surface area (Å²) in [4.78, 5) is 22.6. The molecule has 1 fully saturated rings. The van der Waals surface area contributed by atoms with Crippen LogP contribution in [0, 0.1) is 6.92 Å². The van der Waals surface area contributed by atoms with E-state index in [1.165, 1.54) is 0 Å². The third-order valence-corrected chi connectivity index (χ3v) is 4.87. The number of nitrogens with zero attached hydrogens (tertiary/aromatic N) is 8.